The molecule has 2 bridgehead atoms. The standard InChI is InChI=1S/C21H21N3O8/c1-10(23-19(26)17-11-3-4-12(7-11)18(17)20(23)27)21(28)32-9-16(25)22-14-8-13(31-2)5-6-15(14)24(29)30/h3-6,8,10-12,17-18H,7,9H2,1-2H3,(H,22,25)/t10-,11-,12-,17-,18+/m0/s1. The Labute approximate surface area is 182 Å². The number of anilines is 1. The number of nitro benzene ring substituents is 1. The molecule has 0 spiro atoms. The molecule has 2 fully saturated rings. The molecular weight excluding hydrogens is 422 g/mol. The minimum Gasteiger partial charge on any atom is -0.497 e. The summed E-state index contributed by atoms with van der Waals surface area (Å²) in [7, 11) is 1.37. The number of nitro groups is 1. The second-order valence-corrected chi connectivity index (χ2v) is 8.02. The molecule has 3 amide bonds. The number of nitrogens with one attached hydrogen (secondary N) is 1. The lowest BCUT2D eigenvalue weighted by atomic mass is 9.85. The van der Waals surface area contributed by atoms with Gasteiger partial charge >= 0.3 is 5.97 Å². The van der Waals surface area contributed by atoms with Gasteiger partial charge in [-0.2, -0.15) is 0 Å². The quantitative estimate of drug-likeness (QED) is 0.218. The number of carbonyl (C=O) groups excluding carboxylic acids is 4. The molecule has 11 nitrogen and oxygen atoms in total. The Morgan fingerprint density at radius 1 is 1.22 bits per heavy atom. The van der Waals surface area contributed by atoms with Gasteiger partial charge in [0.2, 0.25) is 11.8 Å². The summed E-state index contributed by atoms with van der Waals surface area (Å²) in [6, 6.07) is 2.63. The number of carbonyl (C=O) groups is 4. The summed E-state index contributed by atoms with van der Waals surface area (Å²) in [5, 5.41) is 13.5. The van der Waals surface area contributed by atoms with Gasteiger partial charge in [-0.15, -0.1) is 0 Å². The number of hydrogen-bond acceptors (Lipinski definition) is 8. The van der Waals surface area contributed by atoms with Crippen molar-refractivity contribution >= 4 is 35.1 Å². The highest BCUT2D eigenvalue weighted by Gasteiger charge is 2.60. The number of hydrogen-bond donors (Lipinski definition) is 1. The summed E-state index contributed by atoms with van der Waals surface area (Å²) >= 11 is 0. The van der Waals surface area contributed by atoms with E-state index in [2.05, 4.69) is 5.32 Å². The van der Waals surface area contributed by atoms with Crippen LogP contribution in [0.25, 0.3) is 0 Å². The van der Waals surface area contributed by atoms with Gasteiger partial charge in [0.25, 0.3) is 11.6 Å². The lowest BCUT2D eigenvalue weighted by molar-refractivity contribution is -0.383. The van der Waals surface area contributed by atoms with Gasteiger partial charge in [-0.3, -0.25) is 29.4 Å². The normalized spacial score (nSPS) is 26.1. The van der Waals surface area contributed by atoms with E-state index < -0.39 is 53.1 Å². The Hall–Kier alpha value is -3.76. The van der Waals surface area contributed by atoms with Crippen LogP contribution in [0, 0.1) is 33.8 Å². The molecule has 5 atom stereocenters. The maximum absolute atomic E-state index is 12.8. The number of nitrogens with zero attached hydrogens (tertiary/aromatic N) is 2. The molecule has 1 heterocycles. The highest BCUT2D eigenvalue weighted by Crippen LogP contribution is 2.52. The van der Waals surface area contributed by atoms with Gasteiger partial charge in [0.1, 0.15) is 17.5 Å². The van der Waals surface area contributed by atoms with Gasteiger partial charge in [0.05, 0.1) is 23.9 Å². The fourth-order valence-electron chi connectivity index (χ4n) is 4.76. The predicted molar refractivity (Wildman–Crippen MR) is 108 cm³/mol. The first-order valence-electron chi connectivity index (χ1n) is 10.1. The maximum Gasteiger partial charge on any atom is 0.329 e. The molecule has 4 rings (SSSR count). The Morgan fingerprint density at radius 2 is 1.84 bits per heavy atom. The van der Waals surface area contributed by atoms with Crippen LogP contribution in [0.15, 0.2) is 30.4 Å². The van der Waals surface area contributed by atoms with Gasteiger partial charge in [0, 0.05) is 12.1 Å². The highest BCUT2D eigenvalue weighted by atomic mass is 16.6. The zero-order valence-corrected chi connectivity index (χ0v) is 17.3. The molecule has 0 unspecified atom stereocenters. The molecule has 1 saturated heterocycles. The van der Waals surface area contributed by atoms with Crippen LogP contribution in [0.4, 0.5) is 11.4 Å². The average molecular weight is 443 g/mol. The van der Waals surface area contributed by atoms with Crippen molar-refractivity contribution in [1.82, 2.24) is 4.90 Å². The number of methoxy groups -OCH3 is 1. The third-order valence-electron chi connectivity index (χ3n) is 6.25. The number of esters is 1. The van der Waals surface area contributed by atoms with E-state index in [9.17, 15) is 29.3 Å². The Bertz CT molecular complexity index is 1020. The van der Waals surface area contributed by atoms with Crippen molar-refractivity contribution < 1.29 is 33.6 Å². The zero-order chi connectivity index (χ0) is 23.2. The molecule has 11 heteroatoms. The van der Waals surface area contributed by atoms with Crippen LogP contribution in [0.3, 0.4) is 0 Å². The predicted octanol–water partition coefficient (Wildman–Crippen LogP) is 1.28. The summed E-state index contributed by atoms with van der Waals surface area (Å²) in [4.78, 5) is 61.7. The topological polar surface area (TPSA) is 145 Å². The summed E-state index contributed by atoms with van der Waals surface area (Å²) in [5.41, 5.74) is -0.481. The van der Waals surface area contributed by atoms with Crippen molar-refractivity contribution in [3.8, 4) is 5.75 Å². The van der Waals surface area contributed by atoms with Crippen molar-refractivity contribution in [2.45, 2.75) is 19.4 Å². The lowest BCUT2D eigenvalue weighted by Gasteiger charge is -2.23. The number of benzene rings is 1. The van der Waals surface area contributed by atoms with E-state index in [1.807, 2.05) is 12.2 Å². The Kier molecular flexibility index (Phi) is 5.41. The van der Waals surface area contributed by atoms with Crippen LogP contribution >= 0.6 is 0 Å². The van der Waals surface area contributed by atoms with E-state index in [0.717, 1.165) is 11.3 Å². The molecule has 2 aliphatic carbocycles. The Morgan fingerprint density at radius 3 is 2.41 bits per heavy atom. The average Bonchev–Trinajstić information content (AvgIpc) is 3.45. The molecular formula is C21H21N3O8. The number of rotatable bonds is 7. The first-order chi connectivity index (χ1) is 15.2. The number of imide groups is 1. The molecule has 32 heavy (non-hydrogen) atoms. The van der Waals surface area contributed by atoms with Crippen LogP contribution in [0.1, 0.15) is 13.3 Å². The number of allylic oxidation sites excluding steroid dienone is 2. The minimum absolute atomic E-state index is 0.0131. The van der Waals surface area contributed by atoms with Crippen LogP contribution in [-0.4, -0.2) is 53.3 Å². The smallest absolute Gasteiger partial charge is 0.329 e. The third-order valence-corrected chi connectivity index (χ3v) is 6.25. The molecule has 3 aliphatic rings. The second-order valence-electron chi connectivity index (χ2n) is 8.02. The van der Waals surface area contributed by atoms with E-state index in [4.69, 9.17) is 9.47 Å². The minimum atomic E-state index is -1.18. The van der Waals surface area contributed by atoms with Crippen molar-refractivity contribution in [3.63, 3.8) is 0 Å². The molecule has 168 valence electrons. The van der Waals surface area contributed by atoms with Crippen molar-refractivity contribution in [2.75, 3.05) is 19.0 Å². The van der Waals surface area contributed by atoms with Gasteiger partial charge < -0.3 is 14.8 Å². The van der Waals surface area contributed by atoms with Gasteiger partial charge in [-0.05, 0) is 31.2 Å². The summed E-state index contributed by atoms with van der Waals surface area (Å²) in [6.45, 7) is 0.632. The Balaban J connectivity index is 1.37. The number of fused-ring (bicyclic) bond motifs is 5. The maximum atomic E-state index is 12.8. The summed E-state index contributed by atoms with van der Waals surface area (Å²) in [5.74, 6) is -3.08. The van der Waals surface area contributed by atoms with Gasteiger partial charge in [-0.1, -0.05) is 12.2 Å². The van der Waals surface area contributed by atoms with Gasteiger partial charge in [-0.25, -0.2) is 4.79 Å². The second kappa shape index (κ2) is 8.06. The van der Waals surface area contributed by atoms with Crippen molar-refractivity contribution in [2.24, 2.45) is 23.7 Å². The number of likely N-dealkylation sites (tertiary alicyclic amines) is 1. The molecule has 1 N–H and O–H groups in total. The van der Waals surface area contributed by atoms with E-state index >= 15 is 0 Å². The summed E-state index contributed by atoms with van der Waals surface area (Å²) in [6.07, 6.45) is 4.67. The molecule has 1 aromatic carbocycles. The van der Waals surface area contributed by atoms with E-state index in [-0.39, 0.29) is 29.0 Å². The molecule has 1 aromatic rings. The van der Waals surface area contributed by atoms with Crippen molar-refractivity contribution in [1.29, 1.82) is 0 Å². The lowest BCUT2D eigenvalue weighted by Crippen LogP contribution is -2.45. The van der Waals surface area contributed by atoms with Crippen LogP contribution < -0.4 is 10.1 Å². The first kappa shape index (κ1) is 21.5. The summed E-state index contributed by atoms with van der Waals surface area (Å²) < 4.78 is 9.98. The molecule has 0 aromatic heterocycles. The number of ether oxygens (including phenoxy) is 2. The zero-order valence-electron chi connectivity index (χ0n) is 17.3. The molecule has 1 aliphatic heterocycles. The van der Waals surface area contributed by atoms with Crippen molar-refractivity contribution in [3.05, 3.63) is 40.5 Å². The van der Waals surface area contributed by atoms with Crippen LogP contribution in [-0.2, 0) is 23.9 Å². The monoisotopic (exact) mass is 443 g/mol. The SMILES string of the molecule is COc1ccc([N+](=O)[O-])c(NC(=O)COC(=O)[C@H](C)N2C(=O)[C@@H]3[C@H](C2=O)[C@H]2C=C[C@H]3C2)c1. The van der Waals surface area contributed by atoms with Crippen LogP contribution in [0.2, 0.25) is 0 Å². The van der Waals surface area contributed by atoms with Gasteiger partial charge in [0.15, 0.2) is 6.61 Å². The highest BCUT2D eigenvalue weighted by molar-refractivity contribution is 6.09. The van der Waals surface area contributed by atoms with E-state index in [0.29, 0.717) is 0 Å². The fourth-order valence-corrected chi connectivity index (χ4v) is 4.76. The van der Waals surface area contributed by atoms with E-state index in [1.165, 1.54) is 32.2 Å². The first-order valence-corrected chi connectivity index (χ1v) is 10.1. The third kappa shape index (κ3) is 3.49. The molecule has 1 saturated carbocycles. The van der Waals surface area contributed by atoms with E-state index in [1.54, 1.807) is 0 Å². The largest absolute Gasteiger partial charge is 0.497 e. The van der Waals surface area contributed by atoms with Crippen LogP contribution in [0.5, 0.6) is 5.75 Å². The fraction of sp³-hybridized carbons (Fsp3) is 0.429. The number of amides is 3. The molecule has 0 radical (unpaired) electrons.